The third-order valence-electron chi connectivity index (χ3n) is 4.05. The lowest BCUT2D eigenvalue weighted by Crippen LogP contribution is -2.43. The molecule has 2 aromatic rings. The van der Waals surface area contributed by atoms with Crippen LogP contribution in [0.2, 0.25) is 0 Å². The lowest BCUT2D eigenvalue weighted by Gasteiger charge is -2.34. The van der Waals surface area contributed by atoms with Gasteiger partial charge in [0, 0.05) is 16.3 Å². The smallest absolute Gasteiger partial charge is 0.331 e. The highest BCUT2D eigenvalue weighted by molar-refractivity contribution is 7.12. The van der Waals surface area contributed by atoms with Crippen molar-refractivity contribution in [1.82, 2.24) is 4.90 Å². The average Bonchev–Trinajstić information content (AvgIpc) is 2.83. The van der Waals surface area contributed by atoms with Gasteiger partial charge in [0.1, 0.15) is 0 Å². The molecule has 22 heavy (non-hydrogen) atoms. The summed E-state index contributed by atoms with van der Waals surface area (Å²) in [7, 11) is 0. The molecule has 1 atom stereocenters. The minimum absolute atomic E-state index is 0.191. The lowest BCUT2D eigenvalue weighted by atomic mass is 9.92. The third-order valence-corrected chi connectivity index (χ3v) is 5.02. The number of hydrogen-bond donors (Lipinski definition) is 1. The van der Waals surface area contributed by atoms with Crippen LogP contribution in [-0.4, -0.2) is 28.4 Å². The summed E-state index contributed by atoms with van der Waals surface area (Å²) in [5.41, 5.74) is 2.35. The van der Waals surface area contributed by atoms with E-state index in [0.29, 0.717) is 18.5 Å². The molecule has 0 bridgehead atoms. The highest BCUT2D eigenvalue weighted by atomic mass is 32.1. The summed E-state index contributed by atoms with van der Waals surface area (Å²) in [6, 6.07) is 8.41. The number of benzene rings is 1. The highest BCUT2D eigenvalue weighted by Crippen LogP contribution is 2.32. The molecular weight excluding hydrogens is 298 g/mol. The second kappa shape index (κ2) is 5.57. The standard InChI is InChI=1S/C17H17NO3S/c1-10-9-14(11(2)22-10)16(19)18-8-7-12-5-3-4-6-13(12)15(18)17(20)21/h3-6,9,15H,7-8H2,1-2H3,(H,20,21). The first-order chi connectivity index (χ1) is 10.5. The normalized spacial score (nSPS) is 17.2. The molecule has 0 aliphatic carbocycles. The number of carboxylic acids is 1. The van der Waals surface area contributed by atoms with Crippen molar-refractivity contribution in [2.24, 2.45) is 0 Å². The minimum atomic E-state index is -0.981. The molecule has 1 unspecified atom stereocenters. The number of hydrogen-bond acceptors (Lipinski definition) is 3. The van der Waals surface area contributed by atoms with Crippen molar-refractivity contribution in [3.8, 4) is 0 Å². The predicted octanol–water partition coefficient (Wildman–Crippen LogP) is 3.19. The molecule has 0 fully saturated rings. The molecule has 0 saturated carbocycles. The fraction of sp³-hybridized carbons (Fsp3) is 0.294. The molecule has 2 heterocycles. The largest absolute Gasteiger partial charge is 0.479 e. The van der Waals surface area contributed by atoms with Gasteiger partial charge in [0.25, 0.3) is 5.91 Å². The van der Waals surface area contributed by atoms with Crippen molar-refractivity contribution in [2.45, 2.75) is 26.3 Å². The third kappa shape index (κ3) is 2.41. The fourth-order valence-electron chi connectivity index (χ4n) is 3.05. The number of aliphatic carboxylic acids is 1. The topological polar surface area (TPSA) is 57.6 Å². The maximum Gasteiger partial charge on any atom is 0.331 e. The number of nitrogens with zero attached hydrogens (tertiary/aromatic N) is 1. The zero-order valence-corrected chi connectivity index (χ0v) is 13.3. The van der Waals surface area contributed by atoms with Crippen molar-refractivity contribution in [3.05, 3.63) is 56.8 Å². The van der Waals surface area contributed by atoms with E-state index in [0.717, 1.165) is 20.9 Å². The van der Waals surface area contributed by atoms with E-state index in [1.807, 2.05) is 38.1 Å². The van der Waals surface area contributed by atoms with E-state index in [2.05, 4.69) is 0 Å². The second-order valence-electron chi connectivity index (χ2n) is 5.52. The molecule has 3 rings (SSSR count). The van der Waals surface area contributed by atoms with Gasteiger partial charge in [-0.25, -0.2) is 4.79 Å². The number of fused-ring (bicyclic) bond motifs is 1. The Hall–Kier alpha value is -2.14. The Bertz CT molecular complexity index is 750. The Balaban J connectivity index is 2.02. The summed E-state index contributed by atoms with van der Waals surface area (Å²) in [5.74, 6) is -1.17. The van der Waals surface area contributed by atoms with Crippen molar-refractivity contribution in [3.63, 3.8) is 0 Å². The van der Waals surface area contributed by atoms with E-state index < -0.39 is 12.0 Å². The molecule has 1 aromatic heterocycles. The van der Waals surface area contributed by atoms with Gasteiger partial charge in [0.2, 0.25) is 0 Å². The molecular formula is C17H17NO3S. The van der Waals surface area contributed by atoms with Crippen LogP contribution >= 0.6 is 11.3 Å². The van der Waals surface area contributed by atoms with Crippen LogP contribution in [-0.2, 0) is 11.2 Å². The summed E-state index contributed by atoms with van der Waals surface area (Å²) in [4.78, 5) is 28.1. The number of amides is 1. The van der Waals surface area contributed by atoms with E-state index in [-0.39, 0.29) is 5.91 Å². The quantitative estimate of drug-likeness (QED) is 0.926. The van der Waals surface area contributed by atoms with Crippen molar-refractivity contribution >= 4 is 23.2 Å². The van der Waals surface area contributed by atoms with E-state index in [1.165, 1.54) is 4.90 Å². The number of carboxylic acid groups (broad SMARTS) is 1. The number of aryl methyl sites for hydroxylation is 2. The van der Waals surface area contributed by atoms with Crippen molar-refractivity contribution < 1.29 is 14.7 Å². The summed E-state index contributed by atoms with van der Waals surface area (Å²) >= 11 is 1.56. The molecule has 0 spiro atoms. The Morgan fingerprint density at radius 3 is 2.64 bits per heavy atom. The average molecular weight is 315 g/mol. The van der Waals surface area contributed by atoms with Gasteiger partial charge in [-0.2, -0.15) is 0 Å². The van der Waals surface area contributed by atoms with Crippen molar-refractivity contribution in [1.29, 1.82) is 0 Å². The molecule has 0 radical (unpaired) electrons. The SMILES string of the molecule is Cc1cc(C(=O)N2CCc3ccccc3C2C(=O)O)c(C)s1. The van der Waals surface area contributed by atoms with Gasteiger partial charge in [-0.05, 0) is 37.5 Å². The van der Waals surface area contributed by atoms with Crippen molar-refractivity contribution in [2.75, 3.05) is 6.54 Å². The molecule has 1 aromatic carbocycles. The lowest BCUT2D eigenvalue weighted by molar-refractivity contribution is -0.143. The van der Waals surface area contributed by atoms with Gasteiger partial charge in [-0.3, -0.25) is 4.79 Å². The predicted molar refractivity (Wildman–Crippen MR) is 85.4 cm³/mol. The first-order valence-corrected chi connectivity index (χ1v) is 7.99. The molecule has 1 N–H and O–H groups in total. The summed E-state index contributed by atoms with van der Waals surface area (Å²) in [5, 5.41) is 9.63. The van der Waals surface area contributed by atoms with Crippen LogP contribution in [0.25, 0.3) is 0 Å². The number of carbonyl (C=O) groups is 2. The Labute approximate surface area is 133 Å². The highest BCUT2D eigenvalue weighted by Gasteiger charge is 2.36. The molecule has 4 nitrogen and oxygen atoms in total. The number of carbonyl (C=O) groups excluding carboxylic acids is 1. The van der Waals surface area contributed by atoms with Gasteiger partial charge < -0.3 is 10.0 Å². The Morgan fingerprint density at radius 1 is 1.27 bits per heavy atom. The van der Waals surface area contributed by atoms with Crippen LogP contribution in [0.3, 0.4) is 0 Å². The first-order valence-electron chi connectivity index (χ1n) is 7.17. The summed E-state index contributed by atoms with van der Waals surface area (Å²) in [6.07, 6.45) is 0.688. The fourth-order valence-corrected chi connectivity index (χ4v) is 3.97. The van der Waals surface area contributed by atoms with Crippen LogP contribution in [0.5, 0.6) is 0 Å². The number of thiophene rings is 1. The van der Waals surface area contributed by atoms with Crippen LogP contribution in [0.15, 0.2) is 30.3 Å². The maximum atomic E-state index is 12.8. The van der Waals surface area contributed by atoms with Gasteiger partial charge in [-0.15, -0.1) is 11.3 Å². The van der Waals surface area contributed by atoms with Gasteiger partial charge >= 0.3 is 5.97 Å². The molecule has 0 saturated heterocycles. The van der Waals surface area contributed by atoms with E-state index >= 15 is 0 Å². The second-order valence-corrected chi connectivity index (χ2v) is 6.98. The molecule has 1 aliphatic rings. The minimum Gasteiger partial charge on any atom is -0.479 e. The van der Waals surface area contributed by atoms with Crippen LogP contribution in [0.4, 0.5) is 0 Å². The molecule has 5 heteroatoms. The molecule has 114 valence electrons. The number of rotatable bonds is 2. The van der Waals surface area contributed by atoms with E-state index in [1.54, 1.807) is 17.4 Å². The first kappa shape index (κ1) is 14.8. The van der Waals surface area contributed by atoms with Gasteiger partial charge in [-0.1, -0.05) is 24.3 Å². The summed E-state index contributed by atoms with van der Waals surface area (Å²) in [6.45, 7) is 4.29. The van der Waals surface area contributed by atoms with Gasteiger partial charge in [0.05, 0.1) is 5.56 Å². The van der Waals surface area contributed by atoms with E-state index in [9.17, 15) is 14.7 Å². The zero-order valence-electron chi connectivity index (χ0n) is 12.5. The van der Waals surface area contributed by atoms with Crippen LogP contribution < -0.4 is 0 Å². The van der Waals surface area contributed by atoms with E-state index in [4.69, 9.17) is 0 Å². The Kier molecular flexibility index (Phi) is 3.74. The van der Waals surface area contributed by atoms with Crippen LogP contribution in [0, 0.1) is 13.8 Å². The van der Waals surface area contributed by atoms with Gasteiger partial charge in [0.15, 0.2) is 6.04 Å². The zero-order chi connectivity index (χ0) is 15.9. The molecule has 1 aliphatic heterocycles. The Morgan fingerprint density at radius 2 is 2.00 bits per heavy atom. The molecule has 1 amide bonds. The maximum absolute atomic E-state index is 12.8. The van der Waals surface area contributed by atoms with Crippen LogP contribution in [0.1, 0.15) is 37.3 Å². The monoisotopic (exact) mass is 315 g/mol. The summed E-state index contributed by atoms with van der Waals surface area (Å²) < 4.78 is 0.